The van der Waals surface area contributed by atoms with Crippen molar-refractivity contribution in [3.8, 4) is 11.3 Å². The van der Waals surface area contributed by atoms with Crippen LogP contribution >= 0.6 is 0 Å². The second-order valence-electron chi connectivity index (χ2n) is 7.76. The highest BCUT2D eigenvalue weighted by atomic mass is 16.3. The molecule has 158 valence electrons. The van der Waals surface area contributed by atoms with E-state index in [1.54, 1.807) is 23.2 Å². The first-order valence-electron chi connectivity index (χ1n) is 10.3. The first kappa shape index (κ1) is 19.5. The zero-order valence-corrected chi connectivity index (χ0v) is 16.8. The van der Waals surface area contributed by atoms with E-state index >= 15 is 0 Å². The van der Waals surface area contributed by atoms with Crippen molar-refractivity contribution in [1.29, 1.82) is 0 Å². The number of aliphatic hydroxyl groups is 2. The number of urea groups is 1. The van der Waals surface area contributed by atoms with E-state index in [1.807, 2.05) is 42.5 Å². The van der Waals surface area contributed by atoms with Gasteiger partial charge < -0.3 is 15.1 Å². The lowest BCUT2D eigenvalue weighted by molar-refractivity contribution is 0.0955. The SMILES string of the molecule is O=C(Nc1ccccn1)N1c2nc(-c3cccc(CC(O)CO)c3)ccc2N2CCC21. The number of nitrogens with one attached hydrogen (secondary N) is 1. The number of anilines is 3. The van der Waals surface area contributed by atoms with Gasteiger partial charge in [-0.3, -0.25) is 10.2 Å². The number of benzene rings is 1. The number of fused-ring (bicyclic) bond motifs is 3. The van der Waals surface area contributed by atoms with Crippen molar-refractivity contribution >= 4 is 23.4 Å². The molecule has 1 saturated heterocycles. The van der Waals surface area contributed by atoms with Crippen LogP contribution in [0.25, 0.3) is 11.3 Å². The third-order valence-corrected chi connectivity index (χ3v) is 5.70. The minimum atomic E-state index is -0.794. The smallest absolute Gasteiger partial charge is 0.330 e. The summed E-state index contributed by atoms with van der Waals surface area (Å²) < 4.78 is 0. The fourth-order valence-corrected chi connectivity index (χ4v) is 4.10. The highest BCUT2D eigenvalue weighted by Gasteiger charge is 2.46. The van der Waals surface area contributed by atoms with Gasteiger partial charge in [-0.05, 0) is 35.9 Å². The molecule has 0 radical (unpaired) electrons. The number of aliphatic hydroxyl groups excluding tert-OH is 2. The van der Waals surface area contributed by atoms with Crippen LogP contribution in [-0.4, -0.2) is 51.6 Å². The lowest BCUT2D eigenvalue weighted by Gasteiger charge is -2.39. The van der Waals surface area contributed by atoms with Gasteiger partial charge in [0.05, 0.1) is 24.1 Å². The van der Waals surface area contributed by atoms with Crippen molar-refractivity contribution in [2.75, 3.05) is 28.3 Å². The molecule has 2 unspecified atom stereocenters. The van der Waals surface area contributed by atoms with Crippen molar-refractivity contribution in [1.82, 2.24) is 9.97 Å². The Kier molecular flexibility index (Phi) is 5.01. The Hall–Kier alpha value is -3.49. The topological polar surface area (TPSA) is 102 Å². The van der Waals surface area contributed by atoms with Crippen LogP contribution in [0, 0.1) is 0 Å². The van der Waals surface area contributed by atoms with Crippen LogP contribution in [0.4, 0.5) is 22.1 Å². The minimum Gasteiger partial charge on any atom is -0.394 e. The lowest BCUT2D eigenvalue weighted by atomic mass is 10.0. The van der Waals surface area contributed by atoms with Crippen molar-refractivity contribution in [3.05, 3.63) is 66.4 Å². The Bertz CT molecular complexity index is 1110. The predicted octanol–water partition coefficient (Wildman–Crippen LogP) is 2.63. The number of amides is 2. The number of nitrogens with zero attached hydrogens (tertiary/aromatic N) is 4. The summed E-state index contributed by atoms with van der Waals surface area (Å²) in [4.78, 5) is 26.0. The molecule has 31 heavy (non-hydrogen) atoms. The summed E-state index contributed by atoms with van der Waals surface area (Å²) in [5.41, 5.74) is 3.50. The molecule has 3 aromatic rings. The zero-order chi connectivity index (χ0) is 21.4. The molecule has 2 amide bonds. The summed E-state index contributed by atoms with van der Waals surface area (Å²) >= 11 is 0. The predicted molar refractivity (Wildman–Crippen MR) is 118 cm³/mol. The van der Waals surface area contributed by atoms with Gasteiger partial charge in [0.2, 0.25) is 0 Å². The van der Waals surface area contributed by atoms with E-state index in [9.17, 15) is 9.90 Å². The molecule has 3 N–H and O–H groups in total. The fraction of sp³-hybridized carbons (Fsp3) is 0.261. The average molecular weight is 417 g/mol. The van der Waals surface area contributed by atoms with E-state index in [1.165, 1.54) is 0 Å². The Morgan fingerprint density at radius 2 is 2.10 bits per heavy atom. The quantitative estimate of drug-likeness (QED) is 0.590. The first-order chi connectivity index (χ1) is 15.1. The van der Waals surface area contributed by atoms with Crippen molar-refractivity contribution in [2.45, 2.75) is 25.1 Å². The van der Waals surface area contributed by atoms with Gasteiger partial charge in [0, 0.05) is 31.1 Å². The molecule has 4 heterocycles. The molecule has 2 aliphatic heterocycles. The molecule has 2 aliphatic rings. The summed E-state index contributed by atoms with van der Waals surface area (Å²) in [6.07, 6.45) is 2.06. The average Bonchev–Trinajstić information content (AvgIpc) is 2.99. The third-order valence-electron chi connectivity index (χ3n) is 5.70. The summed E-state index contributed by atoms with van der Waals surface area (Å²) in [6.45, 7) is 0.611. The molecule has 1 fully saturated rings. The van der Waals surface area contributed by atoms with Crippen molar-refractivity contribution in [3.63, 3.8) is 0 Å². The molecular weight excluding hydrogens is 394 g/mol. The molecule has 2 aromatic heterocycles. The van der Waals surface area contributed by atoms with Gasteiger partial charge in [0.15, 0.2) is 5.82 Å². The second kappa shape index (κ2) is 7.98. The highest BCUT2D eigenvalue weighted by molar-refractivity contribution is 6.06. The monoisotopic (exact) mass is 417 g/mol. The maximum Gasteiger partial charge on any atom is 0.330 e. The van der Waals surface area contributed by atoms with Gasteiger partial charge in [-0.2, -0.15) is 0 Å². The number of rotatable bonds is 5. The van der Waals surface area contributed by atoms with Crippen molar-refractivity contribution < 1.29 is 15.0 Å². The standard InChI is InChI=1S/C23H23N5O3/c29-14-17(30)13-15-4-3-5-16(12-15)18-7-8-19-22(25-18)28(21-9-11-27(19)21)23(31)26-20-6-1-2-10-24-20/h1-8,10,12,17,21,29-30H,9,11,13-14H2,(H,24,26,31). The molecule has 1 aromatic carbocycles. The third kappa shape index (κ3) is 3.60. The molecule has 0 saturated carbocycles. The highest BCUT2D eigenvalue weighted by Crippen LogP contribution is 2.45. The van der Waals surface area contributed by atoms with E-state index in [-0.39, 0.29) is 18.8 Å². The first-order valence-corrected chi connectivity index (χ1v) is 10.3. The van der Waals surface area contributed by atoms with Crippen molar-refractivity contribution in [2.24, 2.45) is 0 Å². The van der Waals surface area contributed by atoms with E-state index in [2.05, 4.69) is 15.2 Å². The summed E-state index contributed by atoms with van der Waals surface area (Å²) in [6, 6.07) is 16.8. The Balaban J connectivity index is 1.45. The molecule has 0 bridgehead atoms. The number of aromatic nitrogens is 2. The number of hydrogen-bond donors (Lipinski definition) is 3. The van der Waals surface area contributed by atoms with Gasteiger partial charge in [0.25, 0.3) is 0 Å². The van der Waals surface area contributed by atoms with Crippen LogP contribution in [0.15, 0.2) is 60.8 Å². The molecule has 8 heteroatoms. The molecule has 5 rings (SSSR count). The maximum atomic E-state index is 13.1. The number of hydrogen-bond acceptors (Lipinski definition) is 6. The van der Waals surface area contributed by atoms with Crippen LogP contribution in [-0.2, 0) is 6.42 Å². The van der Waals surface area contributed by atoms with Crippen LogP contribution in [0.2, 0.25) is 0 Å². The number of carbonyl (C=O) groups excluding carboxylic acids is 1. The van der Waals surface area contributed by atoms with Gasteiger partial charge >= 0.3 is 6.03 Å². The maximum absolute atomic E-state index is 13.1. The Morgan fingerprint density at radius 3 is 2.84 bits per heavy atom. The van der Waals surface area contributed by atoms with E-state index in [0.717, 1.165) is 35.5 Å². The van der Waals surface area contributed by atoms with Crippen LogP contribution < -0.4 is 15.1 Å². The number of carbonyl (C=O) groups is 1. The van der Waals surface area contributed by atoms with Gasteiger partial charge in [-0.1, -0.05) is 24.3 Å². The molecular formula is C23H23N5O3. The Labute approximate surface area is 179 Å². The molecule has 0 aliphatic carbocycles. The number of pyridine rings is 2. The fourth-order valence-electron chi connectivity index (χ4n) is 4.10. The van der Waals surface area contributed by atoms with Crippen LogP contribution in [0.5, 0.6) is 0 Å². The van der Waals surface area contributed by atoms with E-state index < -0.39 is 6.10 Å². The summed E-state index contributed by atoms with van der Waals surface area (Å²) in [5.74, 6) is 1.13. The van der Waals surface area contributed by atoms with Gasteiger partial charge in [0.1, 0.15) is 12.0 Å². The van der Waals surface area contributed by atoms with E-state index in [4.69, 9.17) is 10.1 Å². The summed E-state index contributed by atoms with van der Waals surface area (Å²) in [5, 5.41) is 21.7. The molecule has 8 nitrogen and oxygen atoms in total. The minimum absolute atomic E-state index is 0.0347. The van der Waals surface area contributed by atoms with Gasteiger partial charge in [-0.25, -0.2) is 14.8 Å². The normalized spacial score (nSPS) is 17.5. The van der Waals surface area contributed by atoms with E-state index in [0.29, 0.717) is 18.1 Å². The van der Waals surface area contributed by atoms with Crippen LogP contribution in [0.3, 0.4) is 0 Å². The summed E-state index contributed by atoms with van der Waals surface area (Å²) in [7, 11) is 0. The lowest BCUT2D eigenvalue weighted by Crippen LogP contribution is -2.56. The zero-order valence-electron chi connectivity index (χ0n) is 16.8. The molecule has 2 atom stereocenters. The van der Waals surface area contributed by atoms with Gasteiger partial charge in [-0.15, -0.1) is 0 Å². The van der Waals surface area contributed by atoms with Crippen LogP contribution in [0.1, 0.15) is 12.0 Å². The second-order valence-corrected chi connectivity index (χ2v) is 7.76. The molecule has 0 spiro atoms. The Morgan fingerprint density at radius 1 is 1.19 bits per heavy atom. The largest absolute Gasteiger partial charge is 0.394 e.